The van der Waals surface area contributed by atoms with Crippen LogP contribution in [0.4, 0.5) is 11.8 Å². The highest BCUT2D eigenvalue weighted by atomic mass is 35.5. The molecule has 0 amide bonds. The average Bonchev–Trinajstić information content (AvgIpc) is 2.71. The monoisotopic (exact) mass is 449 g/mol. The predicted molar refractivity (Wildman–Crippen MR) is 118 cm³/mol. The minimum absolute atomic E-state index is 0.174. The van der Waals surface area contributed by atoms with Gasteiger partial charge in [0.25, 0.3) is 0 Å². The molecular formula is C20H21Cl2N5O3. The van der Waals surface area contributed by atoms with Crippen molar-refractivity contribution in [3.63, 3.8) is 0 Å². The summed E-state index contributed by atoms with van der Waals surface area (Å²) in [5, 5.41) is 1.43. The minimum atomic E-state index is -0.253. The van der Waals surface area contributed by atoms with E-state index in [1.165, 1.54) is 14.2 Å². The Balaban J connectivity index is 1.95. The van der Waals surface area contributed by atoms with Gasteiger partial charge in [-0.25, -0.2) is 15.0 Å². The Morgan fingerprint density at radius 2 is 1.67 bits per heavy atom. The molecule has 0 unspecified atom stereocenters. The van der Waals surface area contributed by atoms with Crippen LogP contribution in [0.15, 0.2) is 18.3 Å². The van der Waals surface area contributed by atoms with Gasteiger partial charge >= 0.3 is 0 Å². The number of pyridine rings is 1. The molecule has 0 radical (unpaired) electrons. The molecule has 2 N–H and O–H groups in total. The van der Waals surface area contributed by atoms with Crippen LogP contribution < -0.4 is 20.1 Å². The molecule has 158 valence electrons. The summed E-state index contributed by atoms with van der Waals surface area (Å²) in [7, 11) is 4.75. The third-order valence-electron chi connectivity index (χ3n) is 5.24. The Morgan fingerprint density at radius 3 is 2.23 bits per heavy atom. The number of halogens is 2. The Labute approximate surface area is 183 Å². The molecule has 0 aliphatic carbocycles. The number of benzene rings is 1. The average molecular weight is 450 g/mol. The zero-order valence-electron chi connectivity index (χ0n) is 17.0. The molecule has 0 atom stereocenters. The number of fused-ring (bicyclic) bond motifs is 1. The fourth-order valence-corrected chi connectivity index (χ4v) is 4.23. The summed E-state index contributed by atoms with van der Waals surface area (Å²) < 4.78 is 16.4. The molecule has 4 rings (SSSR count). The Hall–Kier alpha value is -2.55. The van der Waals surface area contributed by atoms with Crippen LogP contribution in [0.3, 0.4) is 0 Å². The third kappa shape index (κ3) is 3.34. The zero-order chi connectivity index (χ0) is 21.6. The number of nitrogen functional groups attached to an aromatic ring is 1. The highest BCUT2D eigenvalue weighted by Gasteiger charge is 2.40. The number of rotatable bonds is 5. The lowest BCUT2D eigenvalue weighted by Crippen LogP contribution is -2.61. The Morgan fingerprint density at radius 1 is 1.03 bits per heavy atom. The molecule has 0 spiro atoms. The van der Waals surface area contributed by atoms with Crippen molar-refractivity contribution in [1.82, 2.24) is 15.0 Å². The lowest BCUT2D eigenvalue weighted by atomic mass is 9.96. The lowest BCUT2D eigenvalue weighted by Gasteiger charge is -2.47. The minimum Gasteiger partial charge on any atom is -0.495 e. The van der Waals surface area contributed by atoms with E-state index in [1.807, 2.05) is 13.0 Å². The first-order chi connectivity index (χ1) is 14.3. The maximum atomic E-state index is 6.61. The Kier molecular flexibility index (Phi) is 5.25. The van der Waals surface area contributed by atoms with Crippen molar-refractivity contribution in [1.29, 1.82) is 0 Å². The van der Waals surface area contributed by atoms with Gasteiger partial charge in [0.1, 0.15) is 17.0 Å². The van der Waals surface area contributed by atoms with Gasteiger partial charge in [-0.3, -0.25) is 0 Å². The van der Waals surface area contributed by atoms with E-state index in [2.05, 4.69) is 14.9 Å². The number of ether oxygens (including phenoxy) is 3. The molecule has 1 aliphatic heterocycles. The van der Waals surface area contributed by atoms with Crippen LogP contribution in [0, 0.1) is 0 Å². The second kappa shape index (κ2) is 7.61. The summed E-state index contributed by atoms with van der Waals surface area (Å²) in [6.07, 6.45) is 1.65. The van der Waals surface area contributed by atoms with Crippen LogP contribution in [0.1, 0.15) is 6.92 Å². The SMILES string of the molecule is COc1cc(OC)c(Cl)c(-c2cc3cnc(N)nc3c(N3CC(C)(OC)C3)n2)c1Cl. The molecule has 0 bridgehead atoms. The maximum absolute atomic E-state index is 6.61. The van der Waals surface area contributed by atoms with Crippen molar-refractivity contribution in [3.8, 4) is 22.8 Å². The lowest BCUT2D eigenvalue weighted by molar-refractivity contribution is -0.0170. The highest BCUT2D eigenvalue weighted by Crippen LogP contribution is 2.46. The maximum Gasteiger partial charge on any atom is 0.220 e. The summed E-state index contributed by atoms with van der Waals surface area (Å²) in [4.78, 5) is 15.5. The summed E-state index contributed by atoms with van der Waals surface area (Å²) in [6, 6.07) is 3.46. The predicted octanol–water partition coefficient (Wildman–Crippen LogP) is 3.82. The van der Waals surface area contributed by atoms with Crippen molar-refractivity contribution in [2.24, 2.45) is 0 Å². The van der Waals surface area contributed by atoms with Gasteiger partial charge in [-0.05, 0) is 13.0 Å². The highest BCUT2D eigenvalue weighted by molar-refractivity contribution is 6.41. The zero-order valence-corrected chi connectivity index (χ0v) is 18.5. The van der Waals surface area contributed by atoms with Gasteiger partial charge in [0, 0.05) is 30.3 Å². The van der Waals surface area contributed by atoms with Crippen molar-refractivity contribution in [2.75, 3.05) is 45.1 Å². The largest absolute Gasteiger partial charge is 0.495 e. The molecular weight excluding hydrogens is 429 g/mol. The molecule has 10 heteroatoms. The van der Waals surface area contributed by atoms with E-state index in [9.17, 15) is 0 Å². The smallest absolute Gasteiger partial charge is 0.220 e. The van der Waals surface area contributed by atoms with Gasteiger partial charge in [-0.1, -0.05) is 23.2 Å². The molecule has 8 nitrogen and oxygen atoms in total. The molecule has 1 aliphatic rings. The van der Waals surface area contributed by atoms with Crippen molar-refractivity contribution in [2.45, 2.75) is 12.5 Å². The first-order valence-corrected chi connectivity index (χ1v) is 9.89. The van der Waals surface area contributed by atoms with E-state index >= 15 is 0 Å². The van der Waals surface area contributed by atoms with Gasteiger partial charge in [-0.15, -0.1) is 0 Å². The van der Waals surface area contributed by atoms with E-state index in [1.54, 1.807) is 19.4 Å². The van der Waals surface area contributed by atoms with Crippen LogP contribution in [0.2, 0.25) is 10.0 Å². The fraction of sp³-hybridized carbons (Fsp3) is 0.350. The van der Waals surface area contributed by atoms with E-state index in [0.717, 1.165) is 5.39 Å². The molecule has 1 fully saturated rings. The summed E-state index contributed by atoms with van der Waals surface area (Å²) in [6.45, 7) is 3.35. The summed E-state index contributed by atoms with van der Waals surface area (Å²) in [5.74, 6) is 1.69. The van der Waals surface area contributed by atoms with Crippen LogP contribution >= 0.6 is 23.2 Å². The first-order valence-electron chi connectivity index (χ1n) is 9.14. The number of hydrogen-bond acceptors (Lipinski definition) is 8. The molecule has 1 saturated heterocycles. The van der Waals surface area contributed by atoms with Crippen molar-refractivity contribution >= 4 is 45.9 Å². The van der Waals surface area contributed by atoms with E-state index in [-0.39, 0.29) is 11.5 Å². The molecule has 3 heterocycles. The third-order valence-corrected chi connectivity index (χ3v) is 5.99. The van der Waals surface area contributed by atoms with Crippen LogP contribution in [-0.4, -0.2) is 55.0 Å². The van der Waals surface area contributed by atoms with Crippen LogP contribution in [0.5, 0.6) is 11.5 Å². The first kappa shape index (κ1) is 20.7. The topological polar surface area (TPSA) is 95.6 Å². The molecule has 0 saturated carbocycles. The quantitative estimate of drug-likeness (QED) is 0.627. The summed E-state index contributed by atoms with van der Waals surface area (Å²) in [5.41, 5.74) is 7.28. The van der Waals surface area contributed by atoms with Crippen molar-refractivity contribution < 1.29 is 14.2 Å². The van der Waals surface area contributed by atoms with Gasteiger partial charge in [0.2, 0.25) is 5.95 Å². The second-order valence-corrected chi connectivity index (χ2v) is 8.05. The van der Waals surface area contributed by atoms with Gasteiger partial charge in [0.05, 0.1) is 48.6 Å². The van der Waals surface area contributed by atoms with E-state index < -0.39 is 0 Å². The van der Waals surface area contributed by atoms with Crippen LogP contribution in [-0.2, 0) is 4.74 Å². The molecule has 30 heavy (non-hydrogen) atoms. The van der Waals surface area contributed by atoms with Crippen molar-refractivity contribution in [3.05, 3.63) is 28.4 Å². The van der Waals surface area contributed by atoms with Crippen LogP contribution in [0.25, 0.3) is 22.2 Å². The van der Waals surface area contributed by atoms with Gasteiger partial charge in [-0.2, -0.15) is 0 Å². The van der Waals surface area contributed by atoms with Gasteiger partial charge < -0.3 is 24.8 Å². The number of hydrogen-bond donors (Lipinski definition) is 1. The molecule has 1 aromatic carbocycles. The number of methoxy groups -OCH3 is 3. The standard InChI is InChI=1S/C20H21Cl2N5O3/c1-20(30-4)8-27(9-20)18-17-10(7-24-19(23)26-17)5-11(25-18)14-15(21)12(28-2)6-13(29-3)16(14)22/h5-7H,8-9H2,1-4H3,(H2,23,24,26). The van der Waals surface area contributed by atoms with E-state index in [4.69, 9.17) is 48.1 Å². The molecule has 3 aromatic rings. The number of nitrogens with two attached hydrogens (primary N) is 1. The normalized spacial score (nSPS) is 15.2. The number of aromatic nitrogens is 3. The Bertz CT molecular complexity index is 1110. The number of anilines is 2. The second-order valence-electron chi connectivity index (χ2n) is 7.29. The van der Waals surface area contributed by atoms with E-state index in [0.29, 0.717) is 57.2 Å². The fourth-order valence-electron chi connectivity index (χ4n) is 3.54. The summed E-state index contributed by atoms with van der Waals surface area (Å²) >= 11 is 13.2. The molecule has 2 aromatic heterocycles. The number of nitrogens with zero attached hydrogens (tertiary/aromatic N) is 4. The van der Waals surface area contributed by atoms with Gasteiger partial charge in [0.15, 0.2) is 5.82 Å².